The summed E-state index contributed by atoms with van der Waals surface area (Å²) in [6.07, 6.45) is 3.41. The van der Waals surface area contributed by atoms with Crippen molar-refractivity contribution >= 4 is 51.4 Å². The third-order valence-corrected chi connectivity index (χ3v) is 1.56. The van der Waals surface area contributed by atoms with Gasteiger partial charge in [-0.05, 0) is 18.4 Å². The molecule has 1 heteroatoms. The summed E-state index contributed by atoms with van der Waals surface area (Å²) in [5.41, 5.74) is 1.42. The maximum absolute atomic E-state index is 3.80. The van der Waals surface area contributed by atoms with Crippen LogP contribution in [0, 0.1) is 6.92 Å². The zero-order valence-electron chi connectivity index (χ0n) is 6.22. The first-order valence-electron chi connectivity index (χ1n) is 3.76. The molecule has 0 N–H and O–H groups in total. The zero-order valence-corrected chi connectivity index (χ0v) is 6.22. The Hall–Kier alpha value is 0.856. The quantitative estimate of drug-likeness (QED) is 0.615. The second-order valence-electron chi connectivity index (χ2n) is 2.44. The number of benzene rings is 1. The van der Waals surface area contributed by atoms with Crippen LogP contribution in [0.4, 0.5) is 0 Å². The Morgan fingerprint density at radius 1 is 1.09 bits per heavy atom. The van der Waals surface area contributed by atoms with Gasteiger partial charge in [0.25, 0.3) is 0 Å². The summed E-state index contributed by atoms with van der Waals surface area (Å²) in [5, 5.41) is 0. The van der Waals surface area contributed by atoms with E-state index in [2.05, 4.69) is 31.2 Å². The third-order valence-electron chi connectivity index (χ3n) is 1.56. The molecule has 55 valence electrons. The molecule has 0 aromatic heterocycles. The molecule has 0 aliphatic carbocycles. The summed E-state index contributed by atoms with van der Waals surface area (Å²) in [5.74, 6) is 0. The Kier molecular flexibility index (Phi) is 8.09. The van der Waals surface area contributed by atoms with Crippen LogP contribution < -0.4 is 0 Å². The molecule has 0 spiro atoms. The number of aryl methyl sites for hydroxylation is 1. The van der Waals surface area contributed by atoms with Gasteiger partial charge in [-0.2, -0.15) is 0 Å². The Morgan fingerprint density at radius 2 is 1.73 bits per heavy atom. The van der Waals surface area contributed by atoms with Crippen LogP contribution in [-0.2, 0) is 6.42 Å². The van der Waals surface area contributed by atoms with E-state index >= 15 is 0 Å². The van der Waals surface area contributed by atoms with Crippen LogP contribution in [0.15, 0.2) is 30.3 Å². The van der Waals surface area contributed by atoms with E-state index < -0.39 is 0 Å². The predicted molar refractivity (Wildman–Crippen MR) is 51.9 cm³/mol. The zero-order chi connectivity index (χ0) is 7.23. The predicted octanol–water partition coefficient (Wildman–Crippen LogP) is 2.19. The summed E-state index contributed by atoms with van der Waals surface area (Å²) in [4.78, 5) is 0. The van der Waals surface area contributed by atoms with E-state index in [4.69, 9.17) is 0 Å². The van der Waals surface area contributed by atoms with Gasteiger partial charge in [0.15, 0.2) is 0 Å². The summed E-state index contributed by atoms with van der Waals surface area (Å²) >= 11 is 0. The van der Waals surface area contributed by atoms with Crippen LogP contribution in [0.2, 0.25) is 0 Å². The van der Waals surface area contributed by atoms with Crippen LogP contribution >= 0.6 is 0 Å². The van der Waals surface area contributed by atoms with E-state index in [0.717, 1.165) is 6.42 Å². The molecule has 0 fully saturated rings. The molecule has 0 heterocycles. The molecule has 1 rings (SSSR count). The van der Waals surface area contributed by atoms with Gasteiger partial charge in [-0.1, -0.05) is 43.7 Å². The monoisotopic (exact) mass is 173 g/mol. The molecular weight excluding hydrogens is 159 g/mol. The summed E-state index contributed by atoms with van der Waals surface area (Å²) in [7, 11) is 0. The van der Waals surface area contributed by atoms with E-state index in [1.165, 1.54) is 18.4 Å². The second kappa shape index (κ2) is 7.50. The summed E-state index contributed by atoms with van der Waals surface area (Å²) in [6, 6.07) is 10.5. The number of hydrogen-bond acceptors (Lipinski definition) is 0. The summed E-state index contributed by atoms with van der Waals surface area (Å²) in [6.45, 7) is 3.80. The molecular formula is C10H14K. The SMILES string of the molecule is [CH2]CCCc1ccccc1.[KH]. The van der Waals surface area contributed by atoms with Gasteiger partial charge in [-0.15, -0.1) is 0 Å². The van der Waals surface area contributed by atoms with Crippen LogP contribution in [0.1, 0.15) is 18.4 Å². The fourth-order valence-electron chi connectivity index (χ4n) is 0.974. The van der Waals surface area contributed by atoms with Crippen molar-refractivity contribution in [3.05, 3.63) is 42.8 Å². The fourth-order valence-corrected chi connectivity index (χ4v) is 0.974. The first-order valence-corrected chi connectivity index (χ1v) is 3.76. The van der Waals surface area contributed by atoms with Gasteiger partial charge in [-0.25, -0.2) is 0 Å². The molecule has 0 saturated carbocycles. The van der Waals surface area contributed by atoms with Crippen molar-refractivity contribution in [2.45, 2.75) is 19.3 Å². The van der Waals surface area contributed by atoms with Crippen LogP contribution in [0.25, 0.3) is 0 Å². The van der Waals surface area contributed by atoms with E-state index in [1.807, 2.05) is 6.07 Å². The van der Waals surface area contributed by atoms with Crippen molar-refractivity contribution < 1.29 is 0 Å². The van der Waals surface area contributed by atoms with Crippen LogP contribution in [0.3, 0.4) is 0 Å². The topological polar surface area (TPSA) is 0 Å². The number of unbranched alkanes of at least 4 members (excludes halogenated alkanes) is 1. The van der Waals surface area contributed by atoms with Gasteiger partial charge in [-0.3, -0.25) is 0 Å². The van der Waals surface area contributed by atoms with Gasteiger partial charge in [0.05, 0.1) is 0 Å². The Morgan fingerprint density at radius 3 is 2.27 bits per heavy atom. The van der Waals surface area contributed by atoms with E-state index in [-0.39, 0.29) is 51.4 Å². The molecule has 0 aliphatic heterocycles. The molecule has 0 bridgehead atoms. The Bertz CT molecular complexity index is 169. The minimum absolute atomic E-state index is 0. The van der Waals surface area contributed by atoms with Crippen molar-refractivity contribution in [1.82, 2.24) is 0 Å². The number of rotatable bonds is 3. The average Bonchev–Trinajstić information content (AvgIpc) is 2.03. The molecule has 1 aromatic carbocycles. The second-order valence-corrected chi connectivity index (χ2v) is 2.44. The van der Waals surface area contributed by atoms with Crippen LogP contribution in [0.5, 0.6) is 0 Å². The third kappa shape index (κ3) is 5.15. The van der Waals surface area contributed by atoms with Crippen molar-refractivity contribution in [2.24, 2.45) is 0 Å². The van der Waals surface area contributed by atoms with Gasteiger partial charge >= 0.3 is 51.4 Å². The first kappa shape index (κ1) is 11.9. The van der Waals surface area contributed by atoms with Gasteiger partial charge in [0, 0.05) is 0 Å². The first-order chi connectivity index (χ1) is 4.93. The Balaban J connectivity index is 0.000001000. The van der Waals surface area contributed by atoms with Crippen molar-refractivity contribution in [3.63, 3.8) is 0 Å². The van der Waals surface area contributed by atoms with Gasteiger partial charge in [0.1, 0.15) is 0 Å². The Labute approximate surface area is 112 Å². The van der Waals surface area contributed by atoms with E-state index in [0.29, 0.717) is 0 Å². The van der Waals surface area contributed by atoms with E-state index in [9.17, 15) is 0 Å². The van der Waals surface area contributed by atoms with E-state index in [1.54, 1.807) is 0 Å². The molecule has 1 radical (unpaired) electrons. The number of hydrogen-bond donors (Lipinski definition) is 0. The normalized spacial score (nSPS) is 8.82. The van der Waals surface area contributed by atoms with Crippen LogP contribution in [-0.4, -0.2) is 51.4 Å². The molecule has 0 amide bonds. The molecule has 0 nitrogen and oxygen atoms in total. The van der Waals surface area contributed by atoms with Crippen molar-refractivity contribution in [2.75, 3.05) is 0 Å². The fraction of sp³-hybridized carbons (Fsp3) is 0.300. The van der Waals surface area contributed by atoms with Gasteiger partial charge < -0.3 is 0 Å². The molecule has 11 heavy (non-hydrogen) atoms. The van der Waals surface area contributed by atoms with Gasteiger partial charge in [0.2, 0.25) is 0 Å². The summed E-state index contributed by atoms with van der Waals surface area (Å²) < 4.78 is 0. The standard InChI is InChI=1S/C10H13.K.H/c1-2-3-7-10-8-5-4-6-9-10;;/h4-6,8-9H,1-3,7H2;;. The molecule has 0 unspecified atom stereocenters. The molecule has 0 atom stereocenters. The molecule has 0 aliphatic rings. The van der Waals surface area contributed by atoms with Crippen molar-refractivity contribution in [3.8, 4) is 0 Å². The van der Waals surface area contributed by atoms with Crippen molar-refractivity contribution in [1.29, 1.82) is 0 Å². The minimum atomic E-state index is 0. The maximum atomic E-state index is 3.80. The molecule has 0 saturated heterocycles. The average molecular weight is 173 g/mol. The molecule has 1 aromatic rings.